The lowest BCUT2D eigenvalue weighted by Crippen LogP contribution is -2.54. The van der Waals surface area contributed by atoms with E-state index < -0.39 is 24.3 Å². The zero-order valence-electron chi connectivity index (χ0n) is 20.2. The van der Waals surface area contributed by atoms with Crippen molar-refractivity contribution >= 4 is 29.2 Å². The number of hydrogen-bond donors (Lipinski definition) is 2. The van der Waals surface area contributed by atoms with Crippen molar-refractivity contribution in [2.75, 3.05) is 45.9 Å². The standard InChI is InChI=1S/C18H27N3O2S.2C2HF3O2/c22-18-2-1-16-17(3-5-20(16)13-15-4-12-24-14-15)21(18)7-6-19-8-10-23-11-9-19;2*3-2(4,5)1(6)7/h4,12,14,16-17H,1-3,5-11,13H2;2*(H,6,7)/t16-,17-;;/m0../s1. The second kappa shape index (κ2) is 14.1. The minimum atomic E-state index is -5.08. The highest BCUT2D eigenvalue weighted by molar-refractivity contribution is 7.07. The Morgan fingerprint density at radius 3 is 2.03 bits per heavy atom. The highest BCUT2D eigenvalue weighted by Gasteiger charge is 2.43. The largest absolute Gasteiger partial charge is 0.490 e. The van der Waals surface area contributed by atoms with Gasteiger partial charge in [0.25, 0.3) is 0 Å². The van der Waals surface area contributed by atoms with E-state index in [4.69, 9.17) is 24.5 Å². The molecule has 38 heavy (non-hydrogen) atoms. The van der Waals surface area contributed by atoms with Crippen LogP contribution in [0.4, 0.5) is 26.3 Å². The average molecular weight is 578 g/mol. The summed E-state index contributed by atoms with van der Waals surface area (Å²) in [5.74, 6) is -5.15. The van der Waals surface area contributed by atoms with Crippen LogP contribution >= 0.6 is 11.3 Å². The molecule has 4 rings (SSSR count). The van der Waals surface area contributed by atoms with Crippen LogP contribution in [0.1, 0.15) is 24.8 Å². The lowest BCUT2D eigenvalue weighted by atomic mass is 9.96. The maximum atomic E-state index is 12.5. The number of piperidine rings is 1. The Labute approximate surface area is 218 Å². The number of hydrogen-bond acceptors (Lipinski definition) is 7. The van der Waals surface area contributed by atoms with Crippen molar-refractivity contribution in [2.45, 2.75) is 50.2 Å². The molecule has 0 spiro atoms. The molecule has 216 valence electrons. The molecule has 3 fully saturated rings. The third kappa shape index (κ3) is 10.0. The van der Waals surface area contributed by atoms with Gasteiger partial charge in [-0.3, -0.25) is 14.6 Å². The van der Waals surface area contributed by atoms with Crippen LogP contribution in [0.15, 0.2) is 16.8 Å². The van der Waals surface area contributed by atoms with Gasteiger partial charge in [-0.1, -0.05) is 0 Å². The molecule has 0 radical (unpaired) electrons. The van der Waals surface area contributed by atoms with Crippen LogP contribution in [0.3, 0.4) is 0 Å². The first-order chi connectivity index (χ1) is 17.7. The van der Waals surface area contributed by atoms with E-state index in [0.29, 0.717) is 24.4 Å². The molecular formula is C22H29F6N3O6S. The summed E-state index contributed by atoms with van der Waals surface area (Å²) in [5, 5.41) is 18.7. The number of nitrogens with zero attached hydrogens (tertiary/aromatic N) is 3. The Kier molecular flexibility index (Phi) is 11.8. The third-order valence-corrected chi connectivity index (χ3v) is 6.94. The number of carboxylic acid groups (broad SMARTS) is 2. The highest BCUT2D eigenvalue weighted by atomic mass is 32.1. The number of amides is 1. The van der Waals surface area contributed by atoms with E-state index in [-0.39, 0.29) is 0 Å². The number of halogens is 6. The molecule has 0 aliphatic carbocycles. The monoisotopic (exact) mass is 577 g/mol. The van der Waals surface area contributed by atoms with E-state index >= 15 is 0 Å². The molecule has 16 heteroatoms. The fraction of sp³-hybridized carbons (Fsp3) is 0.682. The Morgan fingerprint density at radius 2 is 1.53 bits per heavy atom. The normalized spacial score (nSPS) is 22.6. The number of fused-ring (bicyclic) bond motifs is 1. The van der Waals surface area contributed by atoms with Crippen molar-refractivity contribution in [1.82, 2.24) is 14.7 Å². The number of carbonyl (C=O) groups is 3. The van der Waals surface area contributed by atoms with Crippen LogP contribution < -0.4 is 0 Å². The van der Waals surface area contributed by atoms with Crippen molar-refractivity contribution in [3.05, 3.63) is 22.4 Å². The number of rotatable bonds is 5. The second-order valence-electron chi connectivity index (χ2n) is 8.71. The van der Waals surface area contributed by atoms with Crippen LogP contribution in [-0.4, -0.2) is 113 Å². The first-order valence-electron chi connectivity index (χ1n) is 11.6. The van der Waals surface area contributed by atoms with Crippen LogP contribution in [0.25, 0.3) is 0 Å². The Balaban J connectivity index is 0.000000301. The molecular weight excluding hydrogens is 548 g/mol. The lowest BCUT2D eigenvalue weighted by Gasteiger charge is -2.41. The summed E-state index contributed by atoms with van der Waals surface area (Å²) in [6.45, 7) is 7.68. The Morgan fingerprint density at radius 1 is 0.947 bits per heavy atom. The van der Waals surface area contributed by atoms with Crippen molar-refractivity contribution in [3.8, 4) is 0 Å². The van der Waals surface area contributed by atoms with Gasteiger partial charge in [-0.15, -0.1) is 0 Å². The fourth-order valence-corrected chi connectivity index (χ4v) is 5.08. The summed E-state index contributed by atoms with van der Waals surface area (Å²) in [7, 11) is 0. The second-order valence-corrected chi connectivity index (χ2v) is 9.49. The lowest BCUT2D eigenvalue weighted by molar-refractivity contribution is -0.193. The summed E-state index contributed by atoms with van der Waals surface area (Å²) < 4.78 is 68.9. The Hall–Kier alpha value is -2.43. The van der Waals surface area contributed by atoms with Crippen molar-refractivity contribution in [2.24, 2.45) is 0 Å². The third-order valence-electron chi connectivity index (χ3n) is 6.21. The predicted molar refractivity (Wildman–Crippen MR) is 123 cm³/mol. The van der Waals surface area contributed by atoms with Gasteiger partial charge in [0.2, 0.25) is 5.91 Å². The van der Waals surface area contributed by atoms with E-state index in [1.165, 1.54) is 5.56 Å². The number of thiophene rings is 1. The molecule has 9 nitrogen and oxygen atoms in total. The molecule has 0 bridgehead atoms. The molecule has 4 heterocycles. The zero-order valence-corrected chi connectivity index (χ0v) is 21.0. The van der Waals surface area contributed by atoms with Crippen LogP contribution in [0, 0.1) is 0 Å². The van der Waals surface area contributed by atoms with Gasteiger partial charge in [-0.25, -0.2) is 9.59 Å². The van der Waals surface area contributed by atoms with Gasteiger partial charge in [0.1, 0.15) is 0 Å². The maximum Gasteiger partial charge on any atom is 0.490 e. The van der Waals surface area contributed by atoms with Crippen molar-refractivity contribution in [1.29, 1.82) is 0 Å². The fourth-order valence-electron chi connectivity index (χ4n) is 4.42. The SMILES string of the molecule is O=C(O)C(F)(F)F.O=C(O)C(F)(F)F.O=C1CC[C@H]2[C@H](CCN2Cc2ccsc2)N1CCN1CCOCC1. The minimum absolute atomic E-state index is 0.363. The number of morpholine rings is 1. The number of ether oxygens (including phenoxy) is 1. The van der Waals surface area contributed by atoms with Gasteiger partial charge >= 0.3 is 24.3 Å². The smallest absolute Gasteiger partial charge is 0.475 e. The predicted octanol–water partition coefficient (Wildman–Crippen LogP) is 2.91. The van der Waals surface area contributed by atoms with E-state index in [1.807, 2.05) is 0 Å². The van der Waals surface area contributed by atoms with Gasteiger partial charge < -0.3 is 19.8 Å². The highest BCUT2D eigenvalue weighted by Crippen LogP contribution is 2.32. The topological polar surface area (TPSA) is 111 Å². The van der Waals surface area contributed by atoms with Gasteiger partial charge in [0.15, 0.2) is 0 Å². The van der Waals surface area contributed by atoms with E-state index in [0.717, 1.165) is 65.3 Å². The summed E-state index contributed by atoms with van der Waals surface area (Å²) >= 11 is 1.77. The first-order valence-corrected chi connectivity index (χ1v) is 12.6. The van der Waals surface area contributed by atoms with Crippen molar-refractivity contribution < 1.29 is 55.7 Å². The number of aliphatic carboxylic acids is 2. The molecule has 0 saturated carbocycles. The van der Waals surface area contributed by atoms with Gasteiger partial charge in [-0.2, -0.15) is 37.7 Å². The van der Waals surface area contributed by atoms with Gasteiger partial charge in [-0.05, 0) is 35.2 Å². The quantitative estimate of drug-likeness (QED) is 0.515. The average Bonchev–Trinajstić information content (AvgIpc) is 3.49. The van der Waals surface area contributed by atoms with Crippen LogP contribution in [0.2, 0.25) is 0 Å². The zero-order chi connectivity index (χ0) is 28.5. The number of alkyl halides is 6. The molecule has 0 aromatic carbocycles. The summed E-state index contributed by atoms with van der Waals surface area (Å²) in [4.78, 5) is 37.5. The minimum Gasteiger partial charge on any atom is -0.475 e. The van der Waals surface area contributed by atoms with Crippen LogP contribution in [0.5, 0.6) is 0 Å². The molecule has 1 aromatic rings. The number of carboxylic acids is 2. The number of carbonyl (C=O) groups excluding carboxylic acids is 1. The molecule has 2 N–H and O–H groups in total. The molecule has 3 aliphatic heterocycles. The molecule has 2 atom stereocenters. The van der Waals surface area contributed by atoms with Gasteiger partial charge in [0.05, 0.1) is 13.2 Å². The molecule has 1 aromatic heterocycles. The van der Waals surface area contributed by atoms with Crippen LogP contribution in [-0.2, 0) is 25.7 Å². The van der Waals surface area contributed by atoms with Crippen molar-refractivity contribution in [3.63, 3.8) is 0 Å². The molecule has 1 amide bonds. The first kappa shape index (κ1) is 31.8. The number of likely N-dealkylation sites (tertiary alicyclic amines) is 2. The summed E-state index contributed by atoms with van der Waals surface area (Å²) in [5.41, 5.74) is 1.41. The summed E-state index contributed by atoms with van der Waals surface area (Å²) in [6.07, 6.45) is -7.30. The Bertz CT molecular complexity index is 884. The summed E-state index contributed by atoms with van der Waals surface area (Å²) in [6, 6.07) is 3.19. The van der Waals surface area contributed by atoms with E-state index in [9.17, 15) is 31.1 Å². The maximum absolute atomic E-state index is 12.5. The van der Waals surface area contributed by atoms with E-state index in [2.05, 4.69) is 31.5 Å². The molecule has 3 saturated heterocycles. The van der Waals surface area contributed by atoms with Gasteiger partial charge in [0, 0.05) is 57.8 Å². The van der Waals surface area contributed by atoms with E-state index in [1.54, 1.807) is 11.3 Å². The molecule has 0 unspecified atom stereocenters. The molecule has 3 aliphatic rings.